The first kappa shape index (κ1) is 38.1. The van der Waals surface area contributed by atoms with Crippen LogP contribution < -0.4 is 0 Å². The molecule has 5 nitrogen and oxygen atoms in total. The van der Waals surface area contributed by atoms with Crippen LogP contribution in [0.3, 0.4) is 0 Å². The van der Waals surface area contributed by atoms with Gasteiger partial charge in [0.15, 0.2) is 0 Å². The molecule has 286 valence electrons. The zero-order valence-corrected chi connectivity index (χ0v) is 35.6. The number of pyridine rings is 1. The van der Waals surface area contributed by atoms with Gasteiger partial charge in [0.25, 0.3) is 0 Å². The maximum atomic E-state index is 10.9. The zero-order chi connectivity index (χ0) is 38.9. The number of fused-ring (bicyclic) bond motifs is 4. The summed E-state index contributed by atoms with van der Waals surface area (Å²) in [7, 11) is 2.03. The van der Waals surface area contributed by atoms with Gasteiger partial charge in [0.2, 0.25) is 0 Å². The van der Waals surface area contributed by atoms with E-state index in [1.165, 1.54) is 32.9 Å². The van der Waals surface area contributed by atoms with Gasteiger partial charge in [0, 0.05) is 62.0 Å². The van der Waals surface area contributed by atoms with Crippen LogP contribution in [-0.2, 0) is 38.9 Å². The number of imidazole rings is 1. The first-order valence-corrected chi connectivity index (χ1v) is 19.3. The SMILES string of the molecule is Cn1c(-c2ccccc2O)nc2c(-c3[c-]c(-c4cc(-c5cccc6c7ccccc7n(-c7ccccc7)c56)ccn4)cc(C(C)(C)C)c3)cc(C(C)(C)C)cc21.[Pt]. The maximum Gasteiger partial charge on any atom is 0.143 e. The van der Waals surface area contributed by atoms with E-state index in [-0.39, 0.29) is 37.6 Å². The maximum absolute atomic E-state index is 10.9. The first-order valence-electron chi connectivity index (χ1n) is 19.3. The second kappa shape index (κ2) is 14.3. The Kier molecular flexibility index (Phi) is 9.57. The normalized spacial score (nSPS) is 12.1. The fourth-order valence-electron chi connectivity index (χ4n) is 7.96. The molecule has 0 saturated heterocycles. The van der Waals surface area contributed by atoms with Crippen LogP contribution in [0.4, 0.5) is 0 Å². The molecule has 0 bridgehead atoms. The van der Waals surface area contributed by atoms with Gasteiger partial charge in [-0.3, -0.25) is 4.98 Å². The Bertz CT molecular complexity index is 2960. The Balaban J connectivity index is 0.00000455. The van der Waals surface area contributed by atoms with E-state index in [2.05, 4.69) is 166 Å². The van der Waals surface area contributed by atoms with Crippen LogP contribution in [0.1, 0.15) is 52.7 Å². The van der Waals surface area contributed by atoms with Gasteiger partial charge >= 0.3 is 0 Å². The third-order valence-electron chi connectivity index (χ3n) is 11.1. The minimum Gasteiger partial charge on any atom is -0.507 e. The molecule has 0 fully saturated rings. The number of aromatic nitrogens is 4. The second-order valence-corrected chi connectivity index (χ2v) is 16.9. The van der Waals surface area contributed by atoms with Crippen LogP contribution in [0, 0.1) is 6.07 Å². The van der Waals surface area contributed by atoms with Crippen molar-refractivity contribution in [2.24, 2.45) is 7.05 Å². The molecule has 3 aromatic heterocycles. The van der Waals surface area contributed by atoms with E-state index in [0.717, 1.165) is 50.2 Å². The van der Waals surface area contributed by atoms with Crippen molar-refractivity contribution in [3.05, 3.63) is 157 Å². The molecule has 9 aromatic rings. The number of hydrogen-bond acceptors (Lipinski definition) is 3. The van der Waals surface area contributed by atoms with Gasteiger partial charge in [0.05, 0.1) is 27.6 Å². The molecule has 0 aliphatic heterocycles. The Hall–Kier alpha value is -5.77. The molecule has 0 spiro atoms. The van der Waals surface area contributed by atoms with Crippen LogP contribution in [0.5, 0.6) is 5.75 Å². The smallest absolute Gasteiger partial charge is 0.143 e. The van der Waals surface area contributed by atoms with E-state index in [4.69, 9.17) is 9.97 Å². The fraction of sp³-hybridized carbons (Fsp3) is 0.176. The Morgan fingerprint density at radius 3 is 2.00 bits per heavy atom. The number of phenolic OH excluding ortho intramolecular Hbond substituents is 1. The van der Waals surface area contributed by atoms with Gasteiger partial charge in [-0.15, -0.1) is 29.3 Å². The summed E-state index contributed by atoms with van der Waals surface area (Å²) in [5, 5.41) is 13.3. The van der Waals surface area contributed by atoms with Crippen molar-refractivity contribution < 1.29 is 26.2 Å². The Morgan fingerprint density at radius 1 is 0.596 bits per heavy atom. The second-order valence-electron chi connectivity index (χ2n) is 16.9. The van der Waals surface area contributed by atoms with Crippen molar-refractivity contribution in [1.82, 2.24) is 19.1 Å². The Labute approximate surface area is 349 Å². The molecule has 0 radical (unpaired) electrons. The average molecular weight is 925 g/mol. The quantitative estimate of drug-likeness (QED) is 0.175. The van der Waals surface area contributed by atoms with Crippen molar-refractivity contribution in [1.29, 1.82) is 0 Å². The molecular weight excluding hydrogens is 880 g/mol. The van der Waals surface area contributed by atoms with Gasteiger partial charge in [-0.1, -0.05) is 132 Å². The summed E-state index contributed by atoms with van der Waals surface area (Å²) in [6.45, 7) is 13.5. The Morgan fingerprint density at radius 2 is 1.25 bits per heavy atom. The summed E-state index contributed by atoms with van der Waals surface area (Å²) < 4.78 is 4.48. The topological polar surface area (TPSA) is 55.9 Å². The number of para-hydroxylation sites is 4. The van der Waals surface area contributed by atoms with E-state index in [9.17, 15) is 5.11 Å². The van der Waals surface area contributed by atoms with Gasteiger partial charge in [0.1, 0.15) is 11.6 Å². The molecule has 6 aromatic carbocycles. The van der Waals surface area contributed by atoms with E-state index in [1.54, 1.807) is 6.07 Å². The van der Waals surface area contributed by atoms with Crippen LogP contribution in [0.25, 0.3) is 83.4 Å². The van der Waals surface area contributed by atoms with Gasteiger partial charge in [-0.2, -0.15) is 0 Å². The molecule has 0 saturated carbocycles. The molecular formula is C51H45N4OPt-. The van der Waals surface area contributed by atoms with Crippen LogP contribution in [0.2, 0.25) is 0 Å². The molecule has 0 aliphatic rings. The molecule has 0 unspecified atom stereocenters. The molecule has 3 heterocycles. The molecule has 6 heteroatoms. The fourth-order valence-corrected chi connectivity index (χ4v) is 7.96. The molecule has 57 heavy (non-hydrogen) atoms. The average Bonchev–Trinajstić information content (AvgIpc) is 3.72. The monoisotopic (exact) mass is 924 g/mol. The molecule has 1 N–H and O–H groups in total. The molecule has 0 aliphatic carbocycles. The molecule has 0 atom stereocenters. The van der Waals surface area contributed by atoms with E-state index in [1.807, 2.05) is 31.4 Å². The predicted molar refractivity (Wildman–Crippen MR) is 232 cm³/mol. The largest absolute Gasteiger partial charge is 0.507 e. The summed E-state index contributed by atoms with van der Waals surface area (Å²) in [5.74, 6) is 0.923. The number of rotatable bonds is 5. The number of aryl methyl sites for hydroxylation is 1. The molecule has 0 amide bonds. The van der Waals surface area contributed by atoms with E-state index < -0.39 is 0 Å². The number of phenols is 1. The minimum atomic E-state index is -0.149. The van der Waals surface area contributed by atoms with Gasteiger partial charge in [-0.05, 0) is 64.4 Å². The minimum absolute atomic E-state index is 0. The van der Waals surface area contributed by atoms with Crippen molar-refractivity contribution in [2.45, 2.75) is 52.4 Å². The standard InChI is InChI=1S/C51H45N4O.Pt/c1-50(2,3)35-27-33(42-30-36(51(4,5)6)31-45-47(42)53-49(54(45)7)41-19-12-14-23-46(41)56)26-34(28-35)43-29-32(24-25-52-43)38-20-15-21-40-39-18-11-13-22-44(39)55(48(38)40)37-16-9-8-10-17-37;/h8-25,27-31,56H,1-7H3;/q-1;. The van der Waals surface area contributed by atoms with Crippen LogP contribution in [0.15, 0.2) is 140 Å². The van der Waals surface area contributed by atoms with Crippen molar-refractivity contribution in [3.8, 4) is 56.3 Å². The first-order chi connectivity index (χ1) is 26.9. The number of nitrogens with zero attached hydrogens (tertiary/aromatic N) is 4. The van der Waals surface area contributed by atoms with E-state index in [0.29, 0.717) is 11.4 Å². The van der Waals surface area contributed by atoms with Crippen molar-refractivity contribution in [2.75, 3.05) is 0 Å². The van der Waals surface area contributed by atoms with Gasteiger partial charge in [-0.25, -0.2) is 4.98 Å². The summed E-state index contributed by atoms with van der Waals surface area (Å²) in [6.07, 6.45) is 1.92. The van der Waals surface area contributed by atoms with Crippen LogP contribution >= 0.6 is 0 Å². The number of benzene rings is 6. The van der Waals surface area contributed by atoms with Crippen LogP contribution in [-0.4, -0.2) is 24.2 Å². The third-order valence-corrected chi connectivity index (χ3v) is 11.1. The third kappa shape index (κ3) is 6.68. The van der Waals surface area contributed by atoms with E-state index >= 15 is 0 Å². The summed E-state index contributed by atoms with van der Waals surface area (Å²) >= 11 is 0. The summed E-state index contributed by atoms with van der Waals surface area (Å²) in [4.78, 5) is 10.2. The van der Waals surface area contributed by atoms with Crippen molar-refractivity contribution >= 4 is 32.8 Å². The van der Waals surface area contributed by atoms with Crippen molar-refractivity contribution in [3.63, 3.8) is 0 Å². The van der Waals surface area contributed by atoms with Gasteiger partial charge < -0.3 is 14.2 Å². The zero-order valence-electron chi connectivity index (χ0n) is 33.3. The number of hydrogen-bond donors (Lipinski definition) is 1. The molecule has 9 rings (SSSR count). The predicted octanol–water partition coefficient (Wildman–Crippen LogP) is 12.8. The summed E-state index contributed by atoms with van der Waals surface area (Å²) in [5.41, 5.74) is 14.1. The number of aromatic hydroxyl groups is 1. The summed E-state index contributed by atoms with van der Waals surface area (Å²) in [6, 6.07) is 50.5.